The number of aryl methyl sites for hydroxylation is 1. The molecule has 2 amide bonds. The molecule has 3 rings (SSSR count). The van der Waals surface area contributed by atoms with Crippen molar-refractivity contribution >= 4 is 29.1 Å². The first-order valence-electron chi connectivity index (χ1n) is 9.12. The van der Waals surface area contributed by atoms with E-state index in [0.717, 1.165) is 11.1 Å². The Kier molecular flexibility index (Phi) is 6.87. The lowest BCUT2D eigenvalue weighted by Gasteiger charge is -2.10. The monoisotopic (exact) mass is 408 g/mol. The number of carbonyl (C=O) groups is 2. The number of ether oxygens (including phenoxy) is 1. The van der Waals surface area contributed by atoms with Gasteiger partial charge in [-0.05, 0) is 54.4 Å². The quantitative estimate of drug-likeness (QED) is 0.600. The first kappa shape index (κ1) is 20.4. The molecule has 3 aromatic rings. The Morgan fingerprint density at radius 1 is 0.966 bits per heavy atom. The van der Waals surface area contributed by atoms with Crippen molar-refractivity contribution in [3.8, 4) is 5.75 Å². The normalized spacial score (nSPS) is 10.3. The second-order valence-electron chi connectivity index (χ2n) is 6.50. The van der Waals surface area contributed by atoms with Crippen LogP contribution in [0.4, 0.5) is 5.69 Å². The fourth-order valence-corrected chi connectivity index (χ4v) is 2.79. The summed E-state index contributed by atoms with van der Waals surface area (Å²) in [5.74, 6) is 0.0355. The van der Waals surface area contributed by atoms with E-state index in [1.165, 1.54) is 0 Å². The zero-order valence-electron chi connectivity index (χ0n) is 15.9. The molecule has 5 nitrogen and oxygen atoms in total. The maximum atomic E-state index is 12.4. The lowest BCUT2D eigenvalue weighted by atomic mass is 10.1. The SMILES string of the molecule is Cc1cc(OCC(=O)Nc2cccc(C(=O)NCc3ccccc3)c2)ccc1Cl. The van der Waals surface area contributed by atoms with Crippen molar-refractivity contribution in [3.05, 3.63) is 94.5 Å². The van der Waals surface area contributed by atoms with Gasteiger partial charge in [-0.25, -0.2) is 0 Å². The highest BCUT2D eigenvalue weighted by Gasteiger charge is 2.09. The number of carbonyl (C=O) groups excluding carboxylic acids is 2. The number of anilines is 1. The zero-order chi connectivity index (χ0) is 20.6. The van der Waals surface area contributed by atoms with Crippen molar-refractivity contribution < 1.29 is 14.3 Å². The van der Waals surface area contributed by atoms with Gasteiger partial charge in [-0.2, -0.15) is 0 Å². The highest BCUT2D eigenvalue weighted by molar-refractivity contribution is 6.31. The van der Waals surface area contributed by atoms with E-state index in [2.05, 4.69) is 10.6 Å². The Labute approximate surface area is 174 Å². The fourth-order valence-electron chi connectivity index (χ4n) is 2.67. The Hall–Kier alpha value is -3.31. The second kappa shape index (κ2) is 9.75. The van der Waals surface area contributed by atoms with Gasteiger partial charge >= 0.3 is 0 Å². The molecule has 29 heavy (non-hydrogen) atoms. The smallest absolute Gasteiger partial charge is 0.262 e. The van der Waals surface area contributed by atoms with Gasteiger partial charge in [0, 0.05) is 22.8 Å². The summed E-state index contributed by atoms with van der Waals surface area (Å²) in [7, 11) is 0. The van der Waals surface area contributed by atoms with Crippen molar-refractivity contribution in [1.82, 2.24) is 5.32 Å². The average molecular weight is 409 g/mol. The summed E-state index contributed by atoms with van der Waals surface area (Å²) < 4.78 is 5.49. The molecule has 0 atom stereocenters. The predicted octanol–water partition coefficient (Wildman–Crippen LogP) is 4.60. The zero-order valence-corrected chi connectivity index (χ0v) is 16.7. The summed E-state index contributed by atoms with van der Waals surface area (Å²) in [6.45, 7) is 2.15. The molecule has 148 valence electrons. The van der Waals surface area contributed by atoms with Gasteiger partial charge in [-0.15, -0.1) is 0 Å². The number of hydrogen-bond donors (Lipinski definition) is 2. The van der Waals surface area contributed by atoms with Crippen LogP contribution in [0.5, 0.6) is 5.75 Å². The minimum absolute atomic E-state index is 0.147. The number of halogens is 1. The van der Waals surface area contributed by atoms with Crippen molar-refractivity contribution in [2.75, 3.05) is 11.9 Å². The highest BCUT2D eigenvalue weighted by atomic mass is 35.5. The van der Waals surface area contributed by atoms with E-state index in [0.29, 0.717) is 28.6 Å². The number of rotatable bonds is 7. The van der Waals surface area contributed by atoms with Crippen LogP contribution in [0.2, 0.25) is 5.02 Å². The minimum atomic E-state index is -0.320. The fraction of sp³-hybridized carbons (Fsp3) is 0.130. The molecule has 6 heteroatoms. The summed E-state index contributed by atoms with van der Waals surface area (Å²) in [4.78, 5) is 24.5. The van der Waals surface area contributed by atoms with Crippen molar-refractivity contribution in [2.45, 2.75) is 13.5 Å². The maximum Gasteiger partial charge on any atom is 0.262 e. The lowest BCUT2D eigenvalue weighted by molar-refractivity contribution is -0.118. The van der Waals surface area contributed by atoms with E-state index in [9.17, 15) is 9.59 Å². The molecule has 0 aliphatic rings. The third-order valence-electron chi connectivity index (χ3n) is 4.20. The number of nitrogens with one attached hydrogen (secondary N) is 2. The summed E-state index contributed by atoms with van der Waals surface area (Å²) in [6.07, 6.45) is 0. The predicted molar refractivity (Wildman–Crippen MR) is 114 cm³/mol. The molecule has 2 N–H and O–H groups in total. The largest absolute Gasteiger partial charge is 0.484 e. The molecular weight excluding hydrogens is 388 g/mol. The van der Waals surface area contributed by atoms with Gasteiger partial charge in [0.05, 0.1) is 0 Å². The van der Waals surface area contributed by atoms with Crippen LogP contribution in [0.25, 0.3) is 0 Å². The number of benzene rings is 3. The molecular formula is C23H21ClN2O3. The molecule has 3 aromatic carbocycles. The Morgan fingerprint density at radius 3 is 2.52 bits per heavy atom. The van der Waals surface area contributed by atoms with Gasteiger partial charge in [0.25, 0.3) is 11.8 Å². The van der Waals surface area contributed by atoms with Crippen LogP contribution in [0.1, 0.15) is 21.5 Å². The van der Waals surface area contributed by atoms with Crippen LogP contribution in [0.15, 0.2) is 72.8 Å². The van der Waals surface area contributed by atoms with E-state index in [-0.39, 0.29) is 18.4 Å². The molecule has 0 fully saturated rings. The van der Waals surface area contributed by atoms with Crippen molar-refractivity contribution in [1.29, 1.82) is 0 Å². The highest BCUT2D eigenvalue weighted by Crippen LogP contribution is 2.21. The molecule has 0 spiro atoms. The van der Waals surface area contributed by atoms with Crippen LogP contribution in [0, 0.1) is 6.92 Å². The van der Waals surface area contributed by atoms with Crippen molar-refractivity contribution in [2.24, 2.45) is 0 Å². The lowest BCUT2D eigenvalue weighted by Crippen LogP contribution is -2.23. The van der Waals surface area contributed by atoms with Crippen LogP contribution in [-0.4, -0.2) is 18.4 Å². The van der Waals surface area contributed by atoms with Gasteiger partial charge in [-0.3, -0.25) is 9.59 Å². The molecule has 0 aromatic heterocycles. The van der Waals surface area contributed by atoms with E-state index < -0.39 is 0 Å². The Morgan fingerprint density at radius 2 is 1.76 bits per heavy atom. The van der Waals surface area contributed by atoms with Crippen LogP contribution < -0.4 is 15.4 Å². The Balaban J connectivity index is 1.53. The first-order valence-corrected chi connectivity index (χ1v) is 9.50. The maximum absolute atomic E-state index is 12.4. The number of amides is 2. The van der Waals surface area contributed by atoms with E-state index >= 15 is 0 Å². The van der Waals surface area contributed by atoms with Gasteiger partial charge in [0.1, 0.15) is 5.75 Å². The van der Waals surface area contributed by atoms with Gasteiger partial charge < -0.3 is 15.4 Å². The van der Waals surface area contributed by atoms with E-state index in [1.807, 2.05) is 37.3 Å². The molecule has 0 unspecified atom stereocenters. The summed E-state index contributed by atoms with van der Waals surface area (Å²) in [5.41, 5.74) is 2.88. The van der Waals surface area contributed by atoms with Crippen LogP contribution >= 0.6 is 11.6 Å². The minimum Gasteiger partial charge on any atom is -0.484 e. The average Bonchev–Trinajstić information content (AvgIpc) is 2.74. The summed E-state index contributed by atoms with van der Waals surface area (Å²) in [6, 6.07) is 21.6. The summed E-state index contributed by atoms with van der Waals surface area (Å²) in [5, 5.41) is 6.25. The summed E-state index contributed by atoms with van der Waals surface area (Å²) >= 11 is 5.98. The molecule has 0 heterocycles. The third kappa shape index (κ3) is 6.09. The molecule has 0 radical (unpaired) electrons. The van der Waals surface area contributed by atoms with Gasteiger partial charge in [0.15, 0.2) is 6.61 Å². The molecule has 0 aliphatic heterocycles. The molecule has 0 aliphatic carbocycles. The number of hydrogen-bond acceptors (Lipinski definition) is 3. The van der Waals surface area contributed by atoms with E-state index in [1.54, 1.807) is 42.5 Å². The standard InChI is InChI=1S/C23H21ClN2O3/c1-16-12-20(10-11-21(16)24)29-15-22(27)26-19-9-5-8-18(13-19)23(28)25-14-17-6-3-2-4-7-17/h2-13H,14-15H2,1H3,(H,25,28)(H,26,27). The first-order chi connectivity index (χ1) is 14.0. The van der Waals surface area contributed by atoms with Gasteiger partial charge in [0.2, 0.25) is 0 Å². The van der Waals surface area contributed by atoms with Crippen molar-refractivity contribution in [3.63, 3.8) is 0 Å². The van der Waals surface area contributed by atoms with Crippen LogP contribution in [-0.2, 0) is 11.3 Å². The van der Waals surface area contributed by atoms with Gasteiger partial charge in [-0.1, -0.05) is 48.0 Å². The Bertz CT molecular complexity index is 1010. The third-order valence-corrected chi connectivity index (χ3v) is 4.63. The molecule has 0 bridgehead atoms. The molecule has 0 saturated carbocycles. The molecule has 0 saturated heterocycles. The van der Waals surface area contributed by atoms with E-state index in [4.69, 9.17) is 16.3 Å². The topological polar surface area (TPSA) is 67.4 Å². The second-order valence-corrected chi connectivity index (χ2v) is 6.90. The van der Waals surface area contributed by atoms with Crippen LogP contribution in [0.3, 0.4) is 0 Å².